The highest BCUT2D eigenvalue weighted by molar-refractivity contribution is 7.92. The third-order valence-corrected chi connectivity index (χ3v) is 18.2. The predicted molar refractivity (Wildman–Crippen MR) is 289 cm³/mol. The average molecular weight is 1080 g/mol. The number of rotatable bonds is 16. The van der Waals surface area contributed by atoms with E-state index in [1.807, 2.05) is 32.0 Å². The molecule has 0 radical (unpaired) electrons. The number of anilines is 3. The number of aromatic amines is 1. The van der Waals surface area contributed by atoms with Crippen LogP contribution in [0.1, 0.15) is 120 Å². The zero-order chi connectivity index (χ0) is 54.6. The molecule has 2 saturated heterocycles. The lowest BCUT2D eigenvalue weighted by atomic mass is 9.83. The van der Waals surface area contributed by atoms with Gasteiger partial charge in [0.05, 0.1) is 41.9 Å². The van der Waals surface area contributed by atoms with Crippen molar-refractivity contribution in [3.05, 3.63) is 77.5 Å². The number of nitrogens with zero attached hydrogens (tertiary/aromatic N) is 7. The Morgan fingerprint density at radius 2 is 1.65 bits per heavy atom. The number of carbonyl (C=O) groups excluding carboxylic acids is 4. The Bertz CT molecular complexity index is 3060. The molecular formula is C55H72N12O9S. The molecule has 0 spiro atoms. The van der Waals surface area contributed by atoms with Crippen molar-refractivity contribution >= 4 is 62.1 Å². The number of hydrogen-bond acceptors (Lipinski definition) is 16. The van der Waals surface area contributed by atoms with Crippen LogP contribution in [-0.2, 0) is 35.4 Å². The van der Waals surface area contributed by atoms with Gasteiger partial charge in [-0.3, -0.25) is 19.5 Å². The van der Waals surface area contributed by atoms with Gasteiger partial charge in [0.2, 0.25) is 17.8 Å². The molecule has 3 fully saturated rings. The Morgan fingerprint density at radius 1 is 0.909 bits per heavy atom. The van der Waals surface area contributed by atoms with Gasteiger partial charge in [-0.15, -0.1) is 0 Å². The van der Waals surface area contributed by atoms with E-state index in [2.05, 4.69) is 62.4 Å². The Morgan fingerprint density at radius 3 is 2.35 bits per heavy atom. The minimum Gasteiger partial charge on any atom is -0.492 e. The number of alkyl carbamates (subject to hydrolysis) is 1. The quantitative estimate of drug-likeness (QED) is 0.0686. The molecule has 2 aliphatic heterocycles. The van der Waals surface area contributed by atoms with Crippen LogP contribution < -0.4 is 35.6 Å². The van der Waals surface area contributed by atoms with Crippen LogP contribution in [0.3, 0.4) is 0 Å². The maximum atomic E-state index is 14.9. The molecular weight excluding hydrogens is 1000 g/mol. The average Bonchev–Trinajstić information content (AvgIpc) is 4.04. The zero-order valence-electron chi connectivity index (χ0n) is 45.1. The standard InChI is InChI=1S/C55H72N12O9S/c1-32-33(2)64-65-48(32)63-49-41-25-46(77(72,73)55(4,5)6)45(26-43(41)59-31-60-49)74-30-35-20-22-66(23-21-35)53-57-27-39(28-58-53)76-38-24-44(51(69)61-42-19-13-17-36-14-11-12-18-40(36)42)67(29-38)52(70)47(37-15-9-8-10-16-37)62-50(68)34(3)75-54(71)56-7/h11-12,14,18,25-28,31,34-35,37-38,42,44,47H,8-10,13,15-17,19-24,29-30H2,1-7H3,(H,56,71)(H,61,69)(H,62,68)(H2,59,60,63,64,65)/t34-,38-,42+,44-,47-/m0/s1. The summed E-state index contributed by atoms with van der Waals surface area (Å²) in [5.41, 5.74) is 4.60. The smallest absolute Gasteiger partial charge is 0.407 e. The van der Waals surface area contributed by atoms with Crippen molar-refractivity contribution in [3.8, 4) is 11.5 Å². The fourth-order valence-electron chi connectivity index (χ4n) is 10.9. The summed E-state index contributed by atoms with van der Waals surface area (Å²) in [5, 5.41) is 19.6. The predicted octanol–water partition coefficient (Wildman–Crippen LogP) is 6.72. The summed E-state index contributed by atoms with van der Waals surface area (Å²) >= 11 is 0. The van der Waals surface area contributed by atoms with Crippen molar-refractivity contribution in [2.24, 2.45) is 11.8 Å². The summed E-state index contributed by atoms with van der Waals surface area (Å²) in [4.78, 5) is 77.0. The van der Waals surface area contributed by atoms with Gasteiger partial charge in [-0.25, -0.2) is 33.1 Å². The van der Waals surface area contributed by atoms with Crippen molar-refractivity contribution in [2.45, 2.75) is 152 Å². The van der Waals surface area contributed by atoms with Crippen molar-refractivity contribution < 1.29 is 41.8 Å². The molecule has 0 bridgehead atoms. The normalized spacial score (nSPS) is 20.2. The topological polar surface area (TPSA) is 265 Å². The summed E-state index contributed by atoms with van der Waals surface area (Å²) < 4.78 is 45.3. The number of benzene rings is 2. The van der Waals surface area contributed by atoms with E-state index in [-0.39, 0.29) is 59.9 Å². The van der Waals surface area contributed by atoms with Gasteiger partial charge < -0.3 is 45.3 Å². The van der Waals surface area contributed by atoms with E-state index in [0.717, 1.165) is 81.0 Å². The number of likely N-dealkylation sites (tertiary alicyclic amines) is 1. The second-order valence-electron chi connectivity index (χ2n) is 21.9. The minimum atomic E-state index is -3.88. The molecule has 9 rings (SSSR count). The molecule has 0 unspecified atom stereocenters. The lowest BCUT2D eigenvalue weighted by Crippen LogP contribution is -2.57. The first-order valence-corrected chi connectivity index (χ1v) is 28.4. The molecule has 1 saturated carbocycles. The van der Waals surface area contributed by atoms with Gasteiger partial charge in [0.25, 0.3) is 5.91 Å². The number of sulfone groups is 1. The highest BCUT2D eigenvalue weighted by Gasteiger charge is 2.46. The molecule has 5 atom stereocenters. The highest BCUT2D eigenvalue weighted by Crippen LogP contribution is 2.39. The summed E-state index contributed by atoms with van der Waals surface area (Å²) in [7, 11) is -2.47. The zero-order valence-corrected chi connectivity index (χ0v) is 45.9. The monoisotopic (exact) mass is 1080 g/mol. The van der Waals surface area contributed by atoms with E-state index in [9.17, 15) is 27.6 Å². The molecule has 2 aliphatic carbocycles. The first kappa shape index (κ1) is 54.7. The SMILES string of the molecule is CNC(=O)O[C@@H](C)C(=O)N[C@H](C(=O)N1C[C@@H](Oc2cnc(N3CCC(COc4cc5ncnc(Nc6n[nH]c(C)c6C)c5cc4S(=O)(=O)C(C)(C)C)CC3)nc2)C[C@H]1C(=O)N[C@@H]1CCCc2ccccc21)C1CCCCC1. The molecule has 4 amide bonds. The van der Waals surface area contributed by atoms with Crippen LogP contribution >= 0.6 is 0 Å². The number of amides is 4. The molecule has 2 aromatic carbocycles. The maximum Gasteiger partial charge on any atom is 0.407 e. The first-order valence-electron chi connectivity index (χ1n) is 26.9. The lowest BCUT2D eigenvalue weighted by molar-refractivity contribution is -0.144. The van der Waals surface area contributed by atoms with Crippen LogP contribution in [0.25, 0.3) is 10.9 Å². The van der Waals surface area contributed by atoms with E-state index < -0.39 is 50.9 Å². The molecule has 412 valence electrons. The van der Waals surface area contributed by atoms with Crippen LogP contribution in [-0.4, -0.2) is 130 Å². The van der Waals surface area contributed by atoms with Crippen molar-refractivity contribution in [3.63, 3.8) is 0 Å². The van der Waals surface area contributed by atoms with Gasteiger partial charge in [-0.1, -0.05) is 43.5 Å². The number of fused-ring (bicyclic) bond motifs is 2. The van der Waals surface area contributed by atoms with Gasteiger partial charge in [-0.05, 0) is 116 Å². The highest BCUT2D eigenvalue weighted by atomic mass is 32.2. The number of H-pyrrole nitrogens is 1. The van der Waals surface area contributed by atoms with Gasteiger partial charge in [-0.2, -0.15) is 5.10 Å². The lowest BCUT2D eigenvalue weighted by Gasteiger charge is -2.35. The van der Waals surface area contributed by atoms with E-state index in [1.165, 1.54) is 25.9 Å². The van der Waals surface area contributed by atoms with Gasteiger partial charge in [0, 0.05) is 49.3 Å². The van der Waals surface area contributed by atoms with E-state index in [1.54, 1.807) is 50.2 Å². The van der Waals surface area contributed by atoms with Crippen molar-refractivity contribution in [1.29, 1.82) is 0 Å². The fraction of sp³-hybridized carbons (Fsp3) is 0.545. The van der Waals surface area contributed by atoms with E-state index in [4.69, 9.17) is 14.2 Å². The number of nitrogens with one attached hydrogen (secondary N) is 5. The van der Waals surface area contributed by atoms with Gasteiger partial charge in [0.1, 0.15) is 41.0 Å². The van der Waals surface area contributed by atoms with Crippen LogP contribution in [0.2, 0.25) is 0 Å². The molecule has 21 nitrogen and oxygen atoms in total. The van der Waals surface area contributed by atoms with Crippen LogP contribution in [0.15, 0.2) is 60.0 Å². The summed E-state index contributed by atoms with van der Waals surface area (Å²) in [6, 6.07) is 9.32. The molecule has 3 aromatic heterocycles. The second-order valence-corrected chi connectivity index (χ2v) is 24.5. The Kier molecular flexibility index (Phi) is 16.5. The number of piperidine rings is 1. The van der Waals surface area contributed by atoms with Gasteiger partial charge in [0.15, 0.2) is 27.5 Å². The first-order chi connectivity index (χ1) is 36.9. The molecule has 4 aliphatic rings. The Balaban J connectivity index is 0.865. The number of carbonyl (C=O) groups is 4. The minimum absolute atomic E-state index is 0.0630. The second kappa shape index (κ2) is 23.2. The molecule has 77 heavy (non-hydrogen) atoms. The summed E-state index contributed by atoms with van der Waals surface area (Å²) in [6.45, 7) is 11.9. The van der Waals surface area contributed by atoms with Crippen molar-refractivity contribution in [2.75, 3.05) is 43.5 Å². The van der Waals surface area contributed by atoms with E-state index >= 15 is 0 Å². The third-order valence-electron chi connectivity index (χ3n) is 15.7. The van der Waals surface area contributed by atoms with Crippen LogP contribution in [0, 0.1) is 25.7 Å². The Labute approximate surface area is 449 Å². The number of ether oxygens (including phenoxy) is 3. The number of aryl methyl sites for hydroxylation is 2. The Hall–Kier alpha value is -7.10. The molecule has 5 aromatic rings. The van der Waals surface area contributed by atoms with Crippen LogP contribution in [0.4, 0.5) is 22.4 Å². The van der Waals surface area contributed by atoms with Gasteiger partial charge >= 0.3 is 6.09 Å². The summed E-state index contributed by atoms with van der Waals surface area (Å²) in [5.74, 6) is 0.798. The fourth-order valence-corrected chi connectivity index (χ4v) is 12.2. The van der Waals surface area contributed by atoms with Crippen molar-refractivity contribution in [1.82, 2.24) is 51.0 Å². The van der Waals surface area contributed by atoms with Crippen LogP contribution in [0.5, 0.6) is 11.5 Å². The number of hydrogen-bond donors (Lipinski definition) is 5. The molecule has 5 heterocycles. The third kappa shape index (κ3) is 12.2. The molecule has 22 heteroatoms. The molecule has 5 N–H and O–H groups in total. The largest absolute Gasteiger partial charge is 0.492 e. The number of aromatic nitrogens is 6. The summed E-state index contributed by atoms with van der Waals surface area (Å²) in [6.07, 6.45) is 10.7. The van der Waals surface area contributed by atoms with E-state index in [0.29, 0.717) is 47.3 Å². The maximum absolute atomic E-state index is 14.9.